The molecule has 0 radical (unpaired) electrons. The summed E-state index contributed by atoms with van der Waals surface area (Å²) in [5.74, 6) is -0.240. The van der Waals surface area contributed by atoms with Crippen LogP contribution in [0.15, 0.2) is 24.8 Å². The molecule has 3 heterocycles. The number of amides is 2. The van der Waals surface area contributed by atoms with Gasteiger partial charge in [-0.25, -0.2) is 4.98 Å². The lowest BCUT2D eigenvalue weighted by molar-refractivity contribution is -0.117. The van der Waals surface area contributed by atoms with Crippen molar-refractivity contribution in [1.29, 1.82) is 0 Å². The maximum Gasteiger partial charge on any atom is 0.268 e. The number of aryl methyl sites for hydroxylation is 1. The predicted octanol–water partition coefficient (Wildman–Crippen LogP) is -0.838. The van der Waals surface area contributed by atoms with Crippen LogP contribution in [0.2, 0.25) is 0 Å². The summed E-state index contributed by atoms with van der Waals surface area (Å²) in [6.45, 7) is 1.25. The van der Waals surface area contributed by atoms with Crippen LogP contribution in [0.5, 0.6) is 0 Å². The molecular weight excluding hydrogens is 286 g/mol. The second-order valence-electron chi connectivity index (χ2n) is 4.97. The summed E-state index contributed by atoms with van der Waals surface area (Å²) in [6.07, 6.45) is 6.27. The molecule has 0 spiro atoms. The van der Waals surface area contributed by atoms with E-state index in [2.05, 4.69) is 15.1 Å². The molecule has 1 aliphatic heterocycles. The van der Waals surface area contributed by atoms with E-state index < -0.39 is 5.91 Å². The Balaban J connectivity index is 1.76. The molecule has 9 nitrogen and oxygen atoms in total. The highest BCUT2D eigenvalue weighted by Gasteiger charge is 2.27. The normalized spacial score (nSPS) is 15.2. The molecule has 114 valence electrons. The van der Waals surface area contributed by atoms with Gasteiger partial charge in [0.1, 0.15) is 11.5 Å². The maximum atomic E-state index is 12.3. The molecule has 0 saturated carbocycles. The topological polar surface area (TPSA) is 110 Å². The van der Waals surface area contributed by atoms with Gasteiger partial charge in [0.05, 0.1) is 30.8 Å². The minimum atomic E-state index is -0.644. The van der Waals surface area contributed by atoms with Crippen LogP contribution in [-0.4, -0.2) is 51.2 Å². The van der Waals surface area contributed by atoms with E-state index in [9.17, 15) is 9.59 Å². The van der Waals surface area contributed by atoms with E-state index in [1.807, 2.05) is 0 Å². The molecule has 0 unspecified atom stereocenters. The summed E-state index contributed by atoms with van der Waals surface area (Å²) in [6, 6.07) is 0. The SMILES string of the molecule is Cn1cc(N2CCN(c3cncc(C(N)=O)n3)CC2=O)cn1. The van der Waals surface area contributed by atoms with Gasteiger partial charge in [-0.15, -0.1) is 0 Å². The highest BCUT2D eigenvalue weighted by atomic mass is 16.2. The van der Waals surface area contributed by atoms with Crippen LogP contribution in [0.4, 0.5) is 11.5 Å². The largest absolute Gasteiger partial charge is 0.364 e. The number of anilines is 2. The molecule has 0 aromatic carbocycles. The molecule has 2 aromatic rings. The smallest absolute Gasteiger partial charge is 0.268 e. The van der Waals surface area contributed by atoms with E-state index in [1.54, 1.807) is 33.9 Å². The van der Waals surface area contributed by atoms with Crippen LogP contribution in [0.1, 0.15) is 10.5 Å². The fraction of sp³-hybridized carbons (Fsp3) is 0.308. The van der Waals surface area contributed by atoms with Crippen LogP contribution in [0.25, 0.3) is 0 Å². The molecule has 0 atom stereocenters. The number of hydrogen-bond donors (Lipinski definition) is 1. The average molecular weight is 301 g/mol. The molecule has 3 rings (SSSR count). The van der Waals surface area contributed by atoms with Crippen molar-refractivity contribution in [2.45, 2.75) is 0 Å². The number of carbonyl (C=O) groups is 2. The minimum Gasteiger partial charge on any atom is -0.364 e. The van der Waals surface area contributed by atoms with Gasteiger partial charge in [0.25, 0.3) is 5.91 Å². The van der Waals surface area contributed by atoms with E-state index in [-0.39, 0.29) is 18.1 Å². The highest BCUT2D eigenvalue weighted by Crippen LogP contribution is 2.19. The monoisotopic (exact) mass is 301 g/mol. The van der Waals surface area contributed by atoms with Crippen LogP contribution >= 0.6 is 0 Å². The number of primary amides is 1. The number of piperazine rings is 1. The molecule has 0 aliphatic carbocycles. The van der Waals surface area contributed by atoms with Crippen LogP contribution in [-0.2, 0) is 11.8 Å². The third-order valence-corrected chi connectivity index (χ3v) is 3.42. The Morgan fingerprint density at radius 2 is 2.09 bits per heavy atom. The summed E-state index contributed by atoms with van der Waals surface area (Å²) < 4.78 is 1.65. The van der Waals surface area contributed by atoms with Crippen molar-refractivity contribution in [3.05, 3.63) is 30.5 Å². The number of hydrogen-bond acceptors (Lipinski definition) is 6. The van der Waals surface area contributed by atoms with Crippen LogP contribution < -0.4 is 15.5 Å². The zero-order valence-corrected chi connectivity index (χ0v) is 12.0. The van der Waals surface area contributed by atoms with Gasteiger partial charge in [-0.3, -0.25) is 19.3 Å². The van der Waals surface area contributed by atoms with Crippen molar-refractivity contribution < 1.29 is 9.59 Å². The van der Waals surface area contributed by atoms with Gasteiger partial charge < -0.3 is 15.5 Å². The van der Waals surface area contributed by atoms with Gasteiger partial charge in [0.2, 0.25) is 5.91 Å². The fourth-order valence-electron chi connectivity index (χ4n) is 2.32. The van der Waals surface area contributed by atoms with Gasteiger partial charge in [0, 0.05) is 26.3 Å². The quantitative estimate of drug-likeness (QED) is 0.791. The number of nitrogens with zero attached hydrogens (tertiary/aromatic N) is 6. The summed E-state index contributed by atoms with van der Waals surface area (Å²) >= 11 is 0. The van der Waals surface area contributed by atoms with E-state index in [0.717, 1.165) is 5.69 Å². The Hall–Kier alpha value is -2.97. The van der Waals surface area contributed by atoms with Crippen LogP contribution in [0.3, 0.4) is 0 Å². The number of carbonyl (C=O) groups excluding carboxylic acids is 2. The molecule has 1 aliphatic rings. The molecule has 22 heavy (non-hydrogen) atoms. The van der Waals surface area contributed by atoms with Crippen molar-refractivity contribution in [3.8, 4) is 0 Å². The first-order chi connectivity index (χ1) is 10.5. The molecule has 2 amide bonds. The van der Waals surface area contributed by atoms with Crippen molar-refractivity contribution in [2.24, 2.45) is 12.8 Å². The Morgan fingerprint density at radius 3 is 2.73 bits per heavy atom. The second kappa shape index (κ2) is 5.43. The summed E-state index contributed by atoms with van der Waals surface area (Å²) in [4.78, 5) is 35.0. The Labute approximate surface area is 126 Å². The van der Waals surface area contributed by atoms with Crippen LogP contribution in [0, 0.1) is 0 Å². The number of rotatable bonds is 3. The molecule has 9 heteroatoms. The third-order valence-electron chi connectivity index (χ3n) is 3.42. The van der Waals surface area contributed by atoms with Gasteiger partial charge >= 0.3 is 0 Å². The summed E-state index contributed by atoms with van der Waals surface area (Å²) in [5.41, 5.74) is 6.05. The molecule has 0 bridgehead atoms. The summed E-state index contributed by atoms with van der Waals surface area (Å²) in [7, 11) is 1.80. The van der Waals surface area contributed by atoms with E-state index in [4.69, 9.17) is 5.73 Å². The van der Waals surface area contributed by atoms with Gasteiger partial charge in [-0.1, -0.05) is 0 Å². The third kappa shape index (κ3) is 2.60. The first-order valence-corrected chi connectivity index (χ1v) is 6.70. The second-order valence-corrected chi connectivity index (χ2v) is 4.97. The standard InChI is InChI=1S/C13H15N7O2/c1-18-7-9(4-16-18)20-3-2-19(8-12(20)21)11-6-15-5-10(17-11)13(14)22/h4-7H,2-3,8H2,1H3,(H2,14,22). The lowest BCUT2D eigenvalue weighted by atomic mass is 10.3. The Bertz CT molecular complexity index is 727. The maximum absolute atomic E-state index is 12.3. The lowest BCUT2D eigenvalue weighted by Gasteiger charge is -2.34. The number of nitrogens with two attached hydrogens (primary N) is 1. The molecular formula is C13H15N7O2. The first kappa shape index (κ1) is 14.0. The number of aromatic nitrogens is 4. The van der Waals surface area contributed by atoms with Crippen molar-refractivity contribution >= 4 is 23.3 Å². The summed E-state index contributed by atoms with van der Waals surface area (Å²) in [5, 5.41) is 4.07. The lowest BCUT2D eigenvalue weighted by Crippen LogP contribution is -2.51. The first-order valence-electron chi connectivity index (χ1n) is 6.70. The highest BCUT2D eigenvalue weighted by molar-refractivity contribution is 5.97. The van der Waals surface area contributed by atoms with E-state index in [1.165, 1.54) is 12.4 Å². The van der Waals surface area contributed by atoms with E-state index >= 15 is 0 Å². The van der Waals surface area contributed by atoms with Gasteiger partial charge in [-0.05, 0) is 0 Å². The van der Waals surface area contributed by atoms with E-state index in [0.29, 0.717) is 18.9 Å². The fourth-order valence-corrected chi connectivity index (χ4v) is 2.32. The average Bonchev–Trinajstić information content (AvgIpc) is 2.93. The molecule has 1 fully saturated rings. The predicted molar refractivity (Wildman–Crippen MR) is 78.3 cm³/mol. The molecule has 2 N–H and O–H groups in total. The van der Waals surface area contributed by atoms with Crippen molar-refractivity contribution in [1.82, 2.24) is 19.7 Å². The molecule has 1 saturated heterocycles. The zero-order chi connectivity index (χ0) is 15.7. The Kier molecular flexibility index (Phi) is 3.45. The molecule has 2 aromatic heterocycles. The van der Waals surface area contributed by atoms with Gasteiger partial charge in [0.15, 0.2) is 0 Å². The van der Waals surface area contributed by atoms with Gasteiger partial charge in [-0.2, -0.15) is 5.10 Å². The minimum absolute atomic E-state index is 0.0643. The Morgan fingerprint density at radius 1 is 1.27 bits per heavy atom. The zero-order valence-electron chi connectivity index (χ0n) is 12.0. The van der Waals surface area contributed by atoms with Crippen molar-refractivity contribution in [3.63, 3.8) is 0 Å². The van der Waals surface area contributed by atoms with Crippen molar-refractivity contribution in [2.75, 3.05) is 29.4 Å².